The van der Waals surface area contributed by atoms with E-state index in [4.69, 9.17) is 0 Å². The van der Waals surface area contributed by atoms with E-state index in [0.29, 0.717) is 16.9 Å². The molecule has 4 rings (SSSR count). The first-order valence-corrected chi connectivity index (χ1v) is 10.6. The van der Waals surface area contributed by atoms with Gasteiger partial charge in [0.25, 0.3) is 15.9 Å². The molecule has 29 heavy (non-hydrogen) atoms. The highest BCUT2D eigenvalue weighted by molar-refractivity contribution is 7.89. The predicted octanol–water partition coefficient (Wildman–Crippen LogP) is 3.16. The molecular weight excluding hydrogens is 388 g/mol. The number of nitrogens with zero attached hydrogens (tertiary/aromatic N) is 2. The number of fused-ring (bicyclic) bond motifs is 1. The summed E-state index contributed by atoms with van der Waals surface area (Å²) in [7, 11) is -3.98. The van der Waals surface area contributed by atoms with Crippen molar-refractivity contribution >= 4 is 21.6 Å². The molecular formula is C21H20N4O3S. The molecule has 1 atom stereocenters. The highest BCUT2D eigenvalue weighted by atomic mass is 32.2. The predicted molar refractivity (Wildman–Crippen MR) is 109 cm³/mol. The molecule has 0 bridgehead atoms. The number of carbonyl (C=O) groups excluding carboxylic acids is 1. The van der Waals surface area contributed by atoms with Crippen LogP contribution in [0.4, 0.5) is 5.69 Å². The Morgan fingerprint density at radius 3 is 2.41 bits per heavy atom. The largest absolute Gasteiger partial charge is 0.358 e. The second-order valence-corrected chi connectivity index (χ2v) is 8.54. The van der Waals surface area contributed by atoms with Gasteiger partial charge in [0.05, 0.1) is 16.2 Å². The molecule has 1 amide bonds. The first kappa shape index (κ1) is 19.1. The van der Waals surface area contributed by atoms with Crippen molar-refractivity contribution < 1.29 is 13.2 Å². The fourth-order valence-corrected chi connectivity index (χ4v) is 4.22. The normalized spacial score (nSPS) is 16.3. The standard InChI is InChI=1S/C21H20N4O3S/c1-14-10-12-16(13-11-14)29(27,28)24-25-20(19-9-5-6-15(2)22-19)23-18-8-4-3-7-17(18)21(25)26/h3-13,20,23-24H,1-2H3/t20-/m0/s1. The Morgan fingerprint density at radius 1 is 0.966 bits per heavy atom. The molecule has 1 aliphatic rings. The highest BCUT2D eigenvalue weighted by Gasteiger charge is 2.36. The van der Waals surface area contributed by atoms with Crippen LogP contribution >= 0.6 is 0 Å². The number of aryl methyl sites for hydroxylation is 2. The van der Waals surface area contributed by atoms with E-state index in [1.165, 1.54) is 12.1 Å². The minimum atomic E-state index is -3.98. The van der Waals surface area contributed by atoms with Gasteiger partial charge in [-0.3, -0.25) is 9.78 Å². The van der Waals surface area contributed by atoms with Crippen LogP contribution < -0.4 is 10.1 Å². The summed E-state index contributed by atoms with van der Waals surface area (Å²) in [5.41, 5.74) is 3.23. The third kappa shape index (κ3) is 3.72. The van der Waals surface area contributed by atoms with Crippen LogP contribution in [0.1, 0.15) is 33.5 Å². The van der Waals surface area contributed by atoms with Crippen LogP contribution in [0.25, 0.3) is 0 Å². The zero-order chi connectivity index (χ0) is 20.6. The fourth-order valence-electron chi connectivity index (χ4n) is 3.17. The molecule has 0 radical (unpaired) electrons. The number of hydrogen-bond donors (Lipinski definition) is 2. The molecule has 0 aliphatic carbocycles. The molecule has 3 aromatic rings. The Hall–Kier alpha value is -3.23. The number of nitrogens with one attached hydrogen (secondary N) is 2. The molecule has 2 N–H and O–H groups in total. The maximum absolute atomic E-state index is 13.2. The van der Waals surface area contributed by atoms with Gasteiger partial charge in [-0.25, -0.2) is 13.4 Å². The van der Waals surface area contributed by atoms with Crippen LogP contribution in [0.5, 0.6) is 0 Å². The number of amides is 1. The minimum Gasteiger partial charge on any atom is -0.358 e. The van der Waals surface area contributed by atoms with E-state index in [1.807, 2.05) is 32.0 Å². The van der Waals surface area contributed by atoms with E-state index in [1.54, 1.807) is 36.4 Å². The number of para-hydroxylation sites is 1. The zero-order valence-corrected chi connectivity index (χ0v) is 16.8. The summed E-state index contributed by atoms with van der Waals surface area (Å²) in [4.78, 5) is 20.2. The van der Waals surface area contributed by atoms with E-state index in [0.717, 1.165) is 16.3 Å². The molecule has 2 aromatic carbocycles. The van der Waals surface area contributed by atoms with E-state index in [9.17, 15) is 13.2 Å². The molecule has 0 spiro atoms. The smallest absolute Gasteiger partial charge is 0.273 e. The van der Waals surface area contributed by atoms with E-state index < -0.39 is 22.1 Å². The molecule has 8 heteroatoms. The number of anilines is 1. The molecule has 0 saturated heterocycles. The number of hydrazine groups is 1. The van der Waals surface area contributed by atoms with Gasteiger partial charge in [0.15, 0.2) is 6.17 Å². The van der Waals surface area contributed by atoms with Gasteiger partial charge in [0, 0.05) is 11.4 Å². The number of benzene rings is 2. The molecule has 1 aromatic heterocycles. The van der Waals surface area contributed by atoms with Gasteiger partial charge in [-0.15, -0.1) is 4.83 Å². The van der Waals surface area contributed by atoms with Gasteiger partial charge in [-0.05, 0) is 50.2 Å². The van der Waals surface area contributed by atoms with Crippen LogP contribution in [0.2, 0.25) is 0 Å². The molecule has 1 aliphatic heterocycles. The number of sulfonamides is 1. The minimum absolute atomic E-state index is 0.0747. The lowest BCUT2D eigenvalue weighted by Crippen LogP contribution is -2.52. The van der Waals surface area contributed by atoms with Crippen LogP contribution in [-0.4, -0.2) is 24.3 Å². The third-order valence-corrected chi connectivity index (χ3v) is 6.00. The molecule has 148 valence electrons. The lowest BCUT2D eigenvalue weighted by molar-refractivity contribution is 0.0628. The van der Waals surface area contributed by atoms with E-state index in [2.05, 4.69) is 15.1 Å². The lowest BCUT2D eigenvalue weighted by atomic mass is 10.1. The van der Waals surface area contributed by atoms with Crippen molar-refractivity contribution in [3.8, 4) is 0 Å². The number of aromatic nitrogens is 1. The lowest BCUT2D eigenvalue weighted by Gasteiger charge is -2.37. The number of hydrogen-bond acceptors (Lipinski definition) is 5. The van der Waals surface area contributed by atoms with Crippen molar-refractivity contribution in [2.24, 2.45) is 0 Å². The van der Waals surface area contributed by atoms with Crippen molar-refractivity contribution in [1.29, 1.82) is 0 Å². The maximum atomic E-state index is 13.2. The average molecular weight is 408 g/mol. The zero-order valence-electron chi connectivity index (χ0n) is 16.0. The molecule has 0 fully saturated rings. The average Bonchev–Trinajstić information content (AvgIpc) is 2.70. The summed E-state index contributed by atoms with van der Waals surface area (Å²) in [5.74, 6) is -0.455. The number of pyridine rings is 1. The molecule has 0 saturated carbocycles. The van der Waals surface area contributed by atoms with Crippen LogP contribution in [-0.2, 0) is 10.0 Å². The van der Waals surface area contributed by atoms with Gasteiger partial charge in [0.2, 0.25) is 0 Å². The number of carbonyl (C=O) groups is 1. The quantitative estimate of drug-likeness (QED) is 0.692. The van der Waals surface area contributed by atoms with Gasteiger partial charge in [-0.1, -0.05) is 35.9 Å². The van der Waals surface area contributed by atoms with Gasteiger partial charge >= 0.3 is 0 Å². The molecule has 0 unspecified atom stereocenters. The van der Waals surface area contributed by atoms with Crippen LogP contribution in [0, 0.1) is 13.8 Å². The summed E-state index contributed by atoms with van der Waals surface area (Å²) in [5, 5.41) is 4.30. The monoisotopic (exact) mass is 408 g/mol. The molecule has 2 heterocycles. The summed E-state index contributed by atoms with van der Waals surface area (Å²) in [6.45, 7) is 3.71. The van der Waals surface area contributed by atoms with Crippen molar-refractivity contribution in [3.63, 3.8) is 0 Å². The summed E-state index contributed by atoms with van der Waals surface area (Å²) in [6.07, 6.45) is -0.794. The van der Waals surface area contributed by atoms with E-state index in [-0.39, 0.29) is 4.90 Å². The van der Waals surface area contributed by atoms with Crippen LogP contribution in [0.15, 0.2) is 71.6 Å². The number of rotatable bonds is 4. The van der Waals surface area contributed by atoms with Gasteiger partial charge < -0.3 is 5.32 Å². The summed E-state index contributed by atoms with van der Waals surface area (Å²) in [6, 6.07) is 18.8. The Morgan fingerprint density at radius 2 is 1.69 bits per heavy atom. The van der Waals surface area contributed by atoms with E-state index >= 15 is 0 Å². The topological polar surface area (TPSA) is 91.4 Å². The highest BCUT2D eigenvalue weighted by Crippen LogP contribution is 2.31. The van der Waals surface area contributed by atoms with Crippen LogP contribution in [0.3, 0.4) is 0 Å². The van der Waals surface area contributed by atoms with Crippen molar-refractivity contribution in [2.45, 2.75) is 24.9 Å². The Balaban J connectivity index is 1.77. The fraction of sp³-hybridized carbons (Fsp3) is 0.143. The second-order valence-electron chi connectivity index (χ2n) is 6.88. The van der Waals surface area contributed by atoms with Gasteiger partial charge in [0.1, 0.15) is 0 Å². The first-order valence-electron chi connectivity index (χ1n) is 9.07. The maximum Gasteiger partial charge on any atom is 0.273 e. The Labute approximate surface area is 169 Å². The Kier molecular flexibility index (Phi) is 4.81. The third-order valence-electron chi connectivity index (χ3n) is 4.67. The SMILES string of the molecule is Cc1ccc(S(=O)(=O)NN2C(=O)c3ccccc3N[C@@H]2c2cccc(C)n2)cc1. The van der Waals surface area contributed by atoms with Crippen molar-refractivity contribution in [3.05, 3.63) is 89.2 Å². The summed E-state index contributed by atoms with van der Waals surface area (Å²) < 4.78 is 25.9. The second kappa shape index (κ2) is 7.31. The molecule has 7 nitrogen and oxygen atoms in total. The van der Waals surface area contributed by atoms with Crippen molar-refractivity contribution in [2.75, 3.05) is 5.32 Å². The Bertz CT molecular complexity index is 1180. The van der Waals surface area contributed by atoms with Crippen molar-refractivity contribution in [1.82, 2.24) is 14.8 Å². The first-order chi connectivity index (χ1) is 13.8. The summed E-state index contributed by atoms with van der Waals surface area (Å²) >= 11 is 0. The van der Waals surface area contributed by atoms with Gasteiger partial charge in [-0.2, -0.15) is 0 Å².